The van der Waals surface area contributed by atoms with Crippen LogP contribution in [0.25, 0.3) is 11.0 Å². The Morgan fingerprint density at radius 1 is 1.12 bits per heavy atom. The minimum atomic E-state index is -0.957. The zero-order valence-corrected chi connectivity index (χ0v) is 14.0. The molecule has 1 heterocycles. The number of hydrogen-bond donors (Lipinski definition) is 1. The summed E-state index contributed by atoms with van der Waals surface area (Å²) >= 11 is 0. The van der Waals surface area contributed by atoms with Gasteiger partial charge in [0.2, 0.25) is 0 Å². The van der Waals surface area contributed by atoms with E-state index in [1.165, 1.54) is 5.56 Å². The highest BCUT2D eigenvalue weighted by Gasteiger charge is 2.24. The van der Waals surface area contributed by atoms with Crippen LogP contribution in [0.4, 0.5) is 11.4 Å². The average molecular weight is 338 g/mol. The molecule has 0 amide bonds. The molecule has 0 unspecified atom stereocenters. The summed E-state index contributed by atoms with van der Waals surface area (Å²) in [5, 5.41) is 14.9. The molecule has 0 atom stereocenters. The van der Waals surface area contributed by atoms with Gasteiger partial charge in [-0.15, -0.1) is 0 Å². The first kappa shape index (κ1) is 16.7. The van der Waals surface area contributed by atoms with E-state index in [-0.39, 0.29) is 5.69 Å². The van der Waals surface area contributed by atoms with Gasteiger partial charge in [0.1, 0.15) is 11.3 Å². The van der Waals surface area contributed by atoms with Crippen LogP contribution in [-0.2, 0) is 6.54 Å². The topological polar surface area (TPSA) is 85.4 Å². The van der Waals surface area contributed by atoms with E-state index in [0.29, 0.717) is 23.4 Å². The smallest absolute Gasteiger partial charge is 0.417 e. The van der Waals surface area contributed by atoms with E-state index in [1.54, 1.807) is 24.3 Å². The predicted molar refractivity (Wildman–Crippen MR) is 97.0 cm³/mol. The Labute approximate surface area is 144 Å². The van der Waals surface area contributed by atoms with E-state index >= 15 is 0 Å². The maximum Gasteiger partial charge on any atom is 0.417 e. The zero-order valence-electron chi connectivity index (χ0n) is 14.0. The Morgan fingerprint density at radius 2 is 1.80 bits per heavy atom. The molecule has 0 aliphatic rings. The van der Waals surface area contributed by atoms with Crippen LogP contribution < -0.4 is 10.9 Å². The molecule has 1 N–H and O–H groups in total. The Bertz CT molecular complexity index is 975. The van der Waals surface area contributed by atoms with Gasteiger partial charge in [-0.05, 0) is 29.2 Å². The standard InChI is InChI=1S/C19H18N2O4/c1-12(2)14-9-7-13(8-10-14)11-20-17-15-5-3-4-6-16(15)25-19(22)18(17)21(23)24/h3-10,12,20H,11H2,1-2H3. The first-order valence-corrected chi connectivity index (χ1v) is 8.00. The highest BCUT2D eigenvalue weighted by molar-refractivity contribution is 5.94. The summed E-state index contributed by atoms with van der Waals surface area (Å²) in [6.45, 7) is 4.60. The fourth-order valence-corrected chi connectivity index (χ4v) is 2.70. The lowest BCUT2D eigenvalue weighted by Crippen LogP contribution is -2.12. The highest BCUT2D eigenvalue weighted by Crippen LogP contribution is 2.30. The molecule has 6 heteroatoms. The summed E-state index contributed by atoms with van der Waals surface area (Å²) in [4.78, 5) is 22.6. The summed E-state index contributed by atoms with van der Waals surface area (Å²) in [5.74, 6) is 0.436. The van der Waals surface area contributed by atoms with Crippen LogP contribution in [0.1, 0.15) is 30.9 Å². The summed E-state index contributed by atoms with van der Waals surface area (Å²) in [6, 6.07) is 14.8. The van der Waals surface area contributed by atoms with Gasteiger partial charge in [0.15, 0.2) is 0 Å². The van der Waals surface area contributed by atoms with Crippen molar-refractivity contribution in [2.75, 3.05) is 5.32 Å². The van der Waals surface area contributed by atoms with Crippen LogP contribution in [-0.4, -0.2) is 4.92 Å². The SMILES string of the molecule is CC(C)c1ccc(CNc2c([N+](=O)[O-])c(=O)oc3ccccc23)cc1. The van der Waals surface area contributed by atoms with Crippen LogP contribution in [0.15, 0.2) is 57.7 Å². The molecule has 3 rings (SSSR count). The fourth-order valence-electron chi connectivity index (χ4n) is 2.70. The minimum absolute atomic E-state index is 0.185. The van der Waals surface area contributed by atoms with E-state index in [0.717, 1.165) is 5.56 Å². The van der Waals surface area contributed by atoms with Crippen molar-refractivity contribution in [2.24, 2.45) is 0 Å². The molecular weight excluding hydrogens is 320 g/mol. The van der Waals surface area contributed by atoms with Gasteiger partial charge in [0, 0.05) is 11.9 Å². The van der Waals surface area contributed by atoms with Crippen molar-refractivity contribution in [1.82, 2.24) is 0 Å². The number of nitrogens with zero attached hydrogens (tertiary/aromatic N) is 1. The van der Waals surface area contributed by atoms with Crippen molar-refractivity contribution >= 4 is 22.3 Å². The summed E-state index contributed by atoms with van der Waals surface area (Å²) in [7, 11) is 0. The second-order valence-corrected chi connectivity index (χ2v) is 6.12. The maximum atomic E-state index is 12.0. The van der Waals surface area contributed by atoms with E-state index in [4.69, 9.17) is 4.42 Å². The Balaban J connectivity index is 1.98. The summed E-state index contributed by atoms with van der Waals surface area (Å²) in [6.07, 6.45) is 0. The number of anilines is 1. The van der Waals surface area contributed by atoms with Crippen LogP contribution in [0.2, 0.25) is 0 Å². The predicted octanol–water partition coefficient (Wildman–Crippen LogP) is 4.44. The van der Waals surface area contributed by atoms with Crippen LogP contribution in [0.3, 0.4) is 0 Å². The molecule has 128 valence electrons. The molecule has 2 aromatic carbocycles. The third-order valence-electron chi connectivity index (χ3n) is 4.09. The molecule has 0 spiro atoms. The number of fused-ring (bicyclic) bond motifs is 1. The molecule has 0 saturated carbocycles. The van der Waals surface area contributed by atoms with Crippen molar-refractivity contribution in [3.8, 4) is 0 Å². The van der Waals surface area contributed by atoms with Crippen molar-refractivity contribution in [1.29, 1.82) is 0 Å². The molecule has 1 aromatic heterocycles. The number of nitro groups is 1. The molecular formula is C19H18N2O4. The van der Waals surface area contributed by atoms with Crippen molar-refractivity contribution in [2.45, 2.75) is 26.3 Å². The normalized spacial score (nSPS) is 11.0. The quantitative estimate of drug-likeness (QED) is 0.422. The van der Waals surface area contributed by atoms with Crippen LogP contribution >= 0.6 is 0 Å². The maximum absolute atomic E-state index is 12.0. The number of rotatable bonds is 5. The monoisotopic (exact) mass is 338 g/mol. The van der Waals surface area contributed by atoms with E-state index < -0.39 is 16.2 Å². The Kier molecular flexibility index (Phi) is 4.52. The molecule has 0 radical (unpaired) electrons. The third kappa shape index (κ3) is 3.38. The molecule has 0 aliphatic heterocycles. The highest BCUT2D eigenvalue weighted by atomic mass is 16.6. The van der Waals surface area contributed by atoms with Crippen molar-refractivity contribution < 1.29 is 9.34 Å². The van der Waals surface area contributed by atoms with Crippen LogP contribution in [0, 0.1) is 10.1 Å². The molecule has 25 heavy (non-hydrogen) atoms. The molecule has 0 aliphatic carbocycles. The van der Waals surface area contributed by atoms with E-state index in [1.807, 2.05) is 24.3 Å². The van der Waals surface area contributed by atoms with Gasteiger partial charge in [-0.25, -0.2) is 4.79 Å². The van der Waals surface area contributed by atoms with Gasteiger partial charge in [-0.1, -0.05) is 50.2 Å². The molecule has 3 aromatic rings. The van der Waals surface area contributed by atoms with Gasteiger partial charge in [0.25, 0.3) is 0 Å². The lowest BCUT2D eigenvalue weighted by Gasteiger charge is -2.10. The second kappa shape index (κ2) is 6.76. The Morgan fingerprint density at radius 3 is 2.44 bits per heavy atom. The number of para-hydroxylation sites is 1. The molecule has 0 saturated heterocycles. The first-order valence-electron chi connectivity index (χ1n) is 8.00. The van der Waals surface area contributed by atoms with Gasteiger partial charge in [-0.2, -0.15) is 0 Å². The van der Waals surface area contributed by atoms with Gasteiger partial charge in [0.05, 0.1) is 4.92 Å². The lowest BCUT2D eigenvalue weighted by atomic mass is 10.0. The number of hydrogen-bond acceptors (Lipinski definition) is 5. The van der Waals surface area contributed by atoms with E-state index in [2.05, 4.69) is 19.2 Å². The fraction of sp³-hybridized carbons (Fsp3) is 0.211. The van der Waals surface area contributed by atoms with Crippen LogP contribution in [0.5, 0.6) is 0 Å². The lowest BCUT2D eigenvalue weighted by molar-refractivity contribution is -0.386. The molecule has 6 nitrogen and oxygen atoms in total. The van der Waals surface area contributed by atoms with Gasteiger partial charge in [-0.3, -0.25) is 10.1 Å². The number of benzene rings is 2. The number of nitrogens with one attached hydrogen (secondary N) is 1. The summed E-state index contributed by atoms with van der Waals surface area (Å²) < 4.78 is 5.05. The largest absolute Gasteiger partial charge is 0.418 e. The van der Waals surface area contributed by atoms with Gasteiger partial charge < -0.3 is 9.73 Å². The molecule has 0 bridgehead atoms. The zero-order chi connectivity index (χ0) is 18.0. The third-order valence-corrected chi connectivity index (χ3v) is 4.09. The minimum Gasteiger partial charge on any atom is -0.418 e. The molecule has 0 fully saturated rings. The summed E-state index contributed by atoms with van der Waals surface area (Å²) in [5.41, 5.74) is 1.16. The van der Waals surface area contributed by atoms with Crippen molar-refractivity contribution in [3.05, 3.63) is 80.2 Å². The van der Waals surface area contributed by atoms with E-state index in [9.17, 15) is 14.9 Å². The first-order chi connectivity index (χ1) is 12.0. The van der Waals surface area contributed by atoms with Crippen molar-refractivity contribution in [3.63, 3.8) is 0 Å². The van der Waals surface area contributed by atoms with Gasteiger partial charge >= 0.3 is 11.3 Å². The Hall–Kier alpha value is -3.15. The average Bonchev–Trinajstić information content (AvgIpc) is 2.59. The second-order valence-electron chi connectivity index (χ2n) is 6.12.